The van der Waals surface area contributed by atoms with Crippen LogP contribution in [0.25, 0.3) is 10.8 Å². The van der Waals surface area contributed by atoms with Crippen LogP contribution in [0.2, 0.25) is 0 Å². The molecule has 1 saturated heterocycles. The highest BCUT2D eigenvalue weighted by Crippen LogP contribution is 2.25. The lowest BCUT2D eigenvalue weighted by molar-refractivity contribution is -0.137. The molecule has 0 bridgehead atoms. The summed E-state index contributed by atoms with van der Waals surface area (Å²) in [5, 5.41) is 21.2. The van der Waals surface area contributed by atoms with Gasteiger partial charge in [0.2, 0.25) is 0 Å². The van der Waals surface area contributed by atoms with E-state index in [1.807, 2.05) is 59.5 Å². The summed E-state index contributed by atoms with van der Waals surface area (Å²) in [5.74, 6) is -0.354. The smallest absolute Gasteiger partial charge is 0.326 e. The largest absolute Gasteiger partial charge is 0.480 e. The van der Waals surface area contributed by atoms with E-state index in [4.69, 9.17) is 0 Å². The van der Waals surface area contributed by atoms with E-state index in [1.165, 1.54) is 0 Å². The highest BCUT2D eigenvalue weighted by molar-refractivity contribution is 5.93. The van der Waals surface area contributed by atoms with E-state index in [9.17, 15) is 19.5 Å². The molecule has 1 aliphatic heterocycles. The molecule has 1 atom stereocenters. The van der Waals surface area contributed by atoms with Crippen molar-refractivity contribution in [2.24, 2.45) is 0 Å². The quantitative estimate of drug-likeness (QED) is 0.286. The van der Waals surface area contributed by atoms with E-state index < -0.39 is 22.9 Å². The number of benzene rings is 2. The number of carbonyl (C=O) groups is 1. The second-order valence-corrected chi connectivity index (χ2v) is 8.56. The molecule has 0 saturated carbocycles. The summed E-state index contributed by atoms with van der Waals surface area (Å²) < 4.78 is 0. The lowest BCUT2D eigenvalue weighted by Gasteiger charge is -2.32. The van der Waals surface area contributed by atoms with Gasteiger partial charge < -0.3 is 26.0 Å². The number of fused-ring (bicyclic) bond motifs is 1. The van der Waals surface area contributed by atoms with Gasteiger partial charge in [0.05, 0.1) is 0 Å². The van der Waals surface area contributed by atoms with Crippen molar-refractivity contribution < 1.29 is 9.90 Å². The first-order chi connectivity index (χ1) is 17.0. The van der Waals surface area contributed by atoms with Gasteiger partial charge in [-0.25, -0.2) is 9.78 Å². The average molecular weight is 472 g/mol. The number of anilines is 4. The molecule has 0 spiro atoms. The van der Waals surface area contributed by atoms with E-state index in [0.29, 0.717) is 31.9 Å². The molecule has 5 rings (SSSR count). The maximum atomic E-state index is 12.2. The lowest BCUT2D eigenvalue weighted by Crippen LogP contribution is -2.51. The number of hydrogen-bond donors (Lipinski definition) is 4. The van der Waals surface area contributed by atoms with Gasteiger partial charge in [-0.3, -0.25) is 9.59 Å². The zero-order valence-corrected chi connectivity index (χ0v) is 19.0. The summed E-state index contributed by atoms with van der Waals surface area (Å²) in [6.07, 6.45) is 1.90. The fourth-order valence-corrected chi connectivity index (χ4v) is 4.39. The predicted molar refractivity (Wildman–Crippen MR) is 137 cm³/mol. The lowest BCUT2D eigenvalue weighted by atomic mass is 10.0. The first-order valence-corrected chi connectivity index (χ1v) is 11.5. The van der Waals surface area contributed by atoms with Crippen LogP contribution in [0.3, 0.4) is 0 Å². The second-order valence-electron chi connectivity index (χ2n) is 8.56. The molecular weight excluding hydrogens is 446 g/mol. The topological polar surface area (TPSA) is 124 Å². The van der Waals surface area contributed by atoms with Crippen LogP contribution in [-0.4, -0.2) is 48.3 Å². The molecule has 2 heterocycles. The van der Waals surface area contributed by atoms with Crippen LogP contribution in [0.1, 0.15) is 5.56 Å². The van der Waals surface area contributed by atoms with Crippen molar-refractivity contribution >= 4 is 39.6 Å². The van der Waals surface area contributed by atoms with Gasteiger partial charge >= 0.3 is 5.97 Å². The summed E-state index contributed by atoms with van der Waals surface area (Å²) in [6, 6.07) is 16.3. The molecule has 178 valence electrons. The zero-order valence-electron chi connectivity index (χ0n) is 19.0. The first kappa shape index (κ1) is 22.5. The predicted octanol–water partition coefficient (Wildman–Crippen LogP) is 2.09. The Morgan fingerprint density at radius 1 is 1.03 bits per heavy atom. The molecule has 1 fully saturated rings. The Labute approximate surface area is 201 Å². The van der Waals surface area contributed by atoms with Crippen LogP contribution in [-0.2, 0) is 11.2 Å². The summed E-state index contributed by atoms with van der Waals surface area (Å²) in [7, 11) is 0. The molecular formula is C26H25N5O4. The van der Waals surface area contributed by atoms with Crippen LogP contribution < -0.4 is 31.7 Å². The summed E-state index contributed by atoms with van der Waals surface area (Å²) >= 11 is 0. The van der Waals surface area contributed by atoms with E-state index in [2.05, 4.69) is 20.9 Å². The Hall–Kier alpha value is -4.24. The fraction of sp³-hybridized carbons (Fsp3) is 0.231. The molecule has 0 amide bonds. The number of carboxylic acid groups (broad SMARTS) is 1. The molecule has 0 radical (unpaired) electrons. The van der Waals surface area contributed by atoms with Crippen LogP contribution >= 0.6 is 0 Å². The van der Waals surface area contributed by atoms with Gasteiger partial charge in [0.1, 0.15) is 23.2 Å². The Bertz CT molecular complexity index is 1430. The number of pyridine rings is 1. The highest BCUT2D eigenvalue weighted by Gasteiger charge is 2.30. The molecule has 9 heteroatoms. The zero-order chi connectivity index (χ0) is 24.4. The van der Waals surface area contributed by atoms with Gasteiger partial charge in [-0.1, -0.05) is 36.4 Å². The van der Waals surface area contributed by atoms with Gasteiger partial charge in [0, 0.05) is 49.9 Å². The maximum Gasteiger partial charge on any atom is 0.326 e. The SMILES string of the molecule is O=C(O)[C@H](Cc1ccc(Nc2nccc3ccccc23)cc1)Nc1c(N2CCNCC2)c(=O)c1=O. The highest BCUT2D eigenvalue weighted by atomic mass is 16.4. The maximum absolute atomic E-state index is 12.2. The van der Waals surface area contributed by atoms with Gasteiger partial charge in [-0.05, 0) is 29.1 Å². The number of nitrogens with one attached hydrogen (secondary N) is 3. The third-order valence-corrected chi connectivity index (χ3v) is 6.27. The second kappa shape index (κ2) is 9.55. The minimum Gasteiger partial charge on any atom is -0.480 e. The Morgan fingerprint density at radius 3 is 2.51 bits per heavy atom. The standard InChI is InChI=1S/C26H25N5O4/c32-23-21(22(24(23)33)31-13-11-27-12-14-31)30-20(26(34)35)15-16-5-7-18(8-6-16)29-25-19-4-2-1-3-17(19)9-10-28-25/h1-10,20,27,30H,11-15H2,(H,28,29)(H,34,35)/t20-/m0/s1. The molecule has 1 aromatic heterocycles. The van der Waals surface area contributed by atoms with Gasteiger partial charge in [-0.15, -0.1) is 0 Å². The van der Waals surface area contributed by atoms with Crippen molar-refractivity contribution in [1.82, 2.24) is 10.3 Å². The Morgan fingerprint density at radius 2 is 1.77 bits per heavy atom. The number of nitrogens with zero attached hydrogens (tertiary/aromatic N) is 2. The Kier molecular flexibility index (Phi) is 6.15. The van der Waals surface area contributed by atoms with Gasteiger partial charge in [0.25, 0.3) is 10.9 Å². The van der Waals surface area contributed by atoms with E-state index >= 15 is 0 Å². The van der Waals surface area contributed by atoms with E-state index in [0.717, 1.165) is 27.8 Å². The van der Waals surface area contributed by atoms with Crippen LogP contribution in [0.15, 0.2) is 70.4 Å². The number of rotatable bonds is 8. The number of piperazine rings is 1. The third-order valence-electron chi connectivity index (χ3n) is 6.27. The van der Waals surface area contributed by atoms with Crippen molar-refractivity contribution in [3.8, 4) is 0 Å². The van der Waals surface area contributed by atoms with Gasteiger partial charge in [-0.2, -0.15) is 0 Å². The monoisotopic (exact) mass is 471 g/mol. The third kappa shape index (κ3) is 4.58. The molecule has 0 aliphatic carbocycles. The molecule has 1 aliphatic rings. The van der Waals surface area contributed by atoms with Crippen molar-refractivity contribution in [2.75, 3.05) is 41.7 Å². The number of aliphatic carboxylic acids is 1. The first-order valence-electron chi connectivity index (χ1n) is 11.5. The minimum atomic E-state index is -1.09. The summed E-state index contributed by atoms with van der Waals surface area (Å²) in [4.78, 5) is 42.6. The molecule has 0 unspecified atom stereocenters. The molecule has 9 nitrogen and oxygen atoms in total. The van der Waals surface area contributed by atoms with Crippen LogP contribution in [0.5, 0.6) is 0 Å². The van der Waals surface area contributed by atoms with Crippen LogP contribution in [0, 0.1) is 0 Å². The van der Waals surface area contributed by atoms with Crippen molar-refractivity contribution in [3.63, 3.8) is 0 Å². The number of carboxylic acids is 1. The van der Waals surface area contributed by atoms with Crippen molar-refractivity contribution in [2.45, 2.75) is 12.5 Å². The summed E-state index contributed by atoms with van der Waals surface area (Å²) in [5.41, 5.74) is 0.780. The number of hydrogen-bond acceptors (Lipinski definition) is 8. The van der Waals surface area contributed by atoms with Crippen molar-refractivity contribution in [1.29, 1.82) is 0 Å². The molecule has 4 N–H and O–H groups in total. The average Bonchev–Trinajstić information content (AvgIpc) is 2.89. The summed E-state index contributed by atoms with van der Waals surface area (Å²) in [6.45, 7) is 2.60. The Balaban J connectivity index is 1.30. The normalized spacial score (nSPS) is 14.7. The minimum absolute atomic E-state index is 0.101. The number of aromatic nitrogens is 1. The van der Waals surface area contributed by atoms with Gasteiger partial charge in [0.15, 0.2) is 0 Å². The molecule has 35 heavy (non-hydrogen) atoms. The molecule has 4 aromatic rings. The van der Waals surface area contributed by atoms with E-state index in [-0.39, 0.29) is 12.1 Å². The van der Waals surface area contributed by atoms with E-state index in [1.54, 1.807) is 6.20 Å². The van der Waals surface area contributed by atoms with Crippen LogP contribution in [0.4, 0.5) is 22.9 Å². The fourth-order valence-electron chi connectivity index (χ4n) is 4.39. The van der Waals surface area contributed by atoms with Crippen molar-refractivity contribution in [3.05, 3.63) is 86.8 Å². The molecule has 3 aromatic carbocycles.